The highest BCUT2D eigenvalue weighted by molar-refractivity contribution is 6.01. The Bertz CT molecular complexity index is 403. The van der Waals surface area contributed by atoms with Crippen LogP contribution in [-0.2, 0) is 9.53 Å². The molecule has 0 spiro atoms. The first-order valence-corrected chi connectivity index (χ1v) is 5.27. The van der Waals surface area contributed by atoms with E-state index in [1.165, 1.54) is 7.11 Å². The molecule has 1 aromatic carbocycles. The molecular formula is C12H15NO4. The second kappa shape index (κ2) is 6.65. The van der Waals surface area contributed by atoms with Crippen molar-refractivity contribution >= 4 is 17.6 Å². The third kappa shape index (κ3) is 3.88. The van der Waals surface area contributed by atoms with Gasteiger partial charge in [0.05, 0.1) is 18.4 Å². The van der Waals surface area contributed by atoms with Crippen LogP contribution in [0.4, 0.5) is 5.69 Å². The fourth-order valence-electron chi connectivity index (χ4n) is 1.33. The van der Waals surface area contributed by atoms with Gasteiger partial charge < -0.3 is 15.2 Å². The standard InChI is InChI=1S/C12H15NO4/c1-17-12(16)9-5-2-3-6-10(9)13-11(15)7-4-8-14/h2-3,5-6,14H,4,7-8H2,1H3,(H,13,15). The second-order valence-corrected chi connectivity index (χ2v) is 3.41. The van der Waals surface area contributed by atoms with Crippen LogP contribution in [0.5, 0.6) is 0 Å². The smallest absolute Gasteiger partial charge is 0.339 e. The predicted molar refractivity (Wildman–Crippen MR) is 62.7 cm³/mol. The summed E-state index contributed by atoms with van der Waals surface area (Å²) < 4.78 is 4.61. The molecule has 0 unspecified atom stereocenters. The van der Waals surface area contributed by atoms with E-state index >= 15 is 0 Å². The number of benzene rings is 1. The van der Waals surface area contributed by atoms with E-state index in [0.29, 0.717) is 17.7 Å². The number of aliphatic hydroxyl groups is 1. The van der Waals surface area contributed by atoms with Crippen LogP contribution in [0.1, 0.15) is 23.2 Å². The summed E-state index contributed by atoms with van der Waals surface area (Å²) in [6.07, 6.45) is 0.609. The van der Waals surface area contributed by atoms with Crippen LogP contribution in [0.3, 0.4) is 0 Å². The first-order chi connectivity index (χ1) is 8.19. The van der Waals surface area contributed by atoms with Crippen molar-refractivity contribution in [1.29, 1.82) is 0 Å². The summed E-state index contributed by atoms with van der Waals surface area (Å²) in [5, 5.41) is 11.2. The Morgan fingerprint density at radius 2 is 2.06 bits per heavy atom. The van der Waals surface area contributed by atoms with Crippen molar-refractivity contribution in [1.82, 2.24) is 0 Å². The van der Waals surface area contributed by atoms with E-state index in [1.807, 2.05) is 0 Å². The lowest BCUT2D eigenvalue weighted by atomic mass is 10.1. The lowest BCUT2D eigenvalue weighted by Gasteiger charge is -2.09. The van der Waals surface area contributed by atoms with E-state index in [-0.39, 0.29) is 18.9 Å². The number of carbonyl (C=O) groups is 2. The Hall–Kier alpha value is -1.88. The number of carbonyl (C=O) groups excluding carboxylic acids is 2. The number of aliphatic hydroxyl groups excluding tert-OH is 1. The van der Waals surface area contributed by atoms with Gasteiger partial charge in [0.1, 0.15) is 0 Å². The quantitative estimate of drug-likeness (QED) is 0.754. The molecular weight excluding hydrogens is 222 g/mol. The maximum absolute atomic E-state index is 11.5. The van der Waals surface area contributed by atoms with Crippen molar-refractivity contribution < 1.29 is 19.4 Å². The van der Waals surface area contributed by atoms with Crippen LogP contribution >= 0.6 is 0 Å². The SMILES string of the molecule is COC(=O)c1ccccc1NC(=O)CCCO. The van der Waals surface area contributed by atoms with Crippen molar-refractivity contribution in [2.75, 3.05) is 19.0 Å². The second-order valence-electron chi connectivity index (χ2n) is 3.41. The lowest BCUT2D eigenvalue weighted by molar-refractivity contribution is -0.116. The van der Waals surface area contributed by atoms with Crippen molar-refractivity contribution in [3.05, 3.63) is 29.8 Å². The summed E-state index contributed by atoms with van der Waals surface area (Å²) in [7, 11) is 1.28. The highest BCUT2D eigenvalue weighted by Gasteiger charge is 2.12. The van der Waals surface area contributed by atoms with Gasteiger partial charge >= 0.3 is 5.97 Å². The van der Waals surface area contributed by atoms with E-state index in [2.05, 4.69) is 10.1 Å². The predicted octanol–water partition coefficient (Wildman–Crippen LogP) is 1.18. The average molecular weight is 237 g/mol. The Morgan fingerprint density at radius 3 is 2.71 bits per heavy atom. The molecule has 17 heavy (non-hydrogen) atoms. The zero-order valence-electron chi connectivity index (χ0n) is 9.60. The van der Waals surface area contributed by atoms with Crippen LogP contribution < -0.4 is 5.32 Å². The fourth-order valence-corrected chi connectivity index (χ4v) is 1.33. The summed E-state index contributed by atoms with van der Waals surface area (Å²) in [4.78, 5) is 22.9. The zero-order chi connectivity index (χ0) is 12.7. The van der Waals surface area contributed by atoms with Crippen molar-refractivity contribution in [3.63, 3.8) is 0 Å². The minimum Gasteiger partial charge on any atom is -0.465 e. The van der Waals surface area contributed by atoms with Crippen LogP contribution in [0.15, 0.2) is 24.3 Å². The summed E-state index contributed by atoms with van der Waals surface area (Å²) in [6, 6.07) is 6.61. The molecule has 1 rings (SSSR count). The normalized spacial score (nSPS) is 9.76. The summed E-state index contributed by atoms with van der Waals surface area (Å²) >= 11 is 0. The van der Waals surface area contributed by atoms with Crippen LogP contribution in [0, 0.1) is 0 Å². The van der Waals surface area contributed by atoms with Crippen LogP contribution in [-0.4, -0.2) is 30.7 Å². The molecule has 2 N–H and O–H groups in total. The number of nitrogens with one attached hydrogen (secondary N) is 1. The third-order valence-corrected chi connectivity index (χ3v) is 2.17. The molecule has 0 radical (unpaired) electrons. The van der Waals surface area contributed by atoms with Crippen LogP contribution in [0.25, 0.3) is 0 Å². The summed E-state index contributed by atoms with van der Waals surface area (Å²) in [5.74, 6) is -0.738. The number of amides is 1. The van der Waals surface area contributed by atoms with Gasteiger partial charge in [-0.3, -0.25) is 4.79 Å². The number of rotatable bonds is 5. The molecule has 0 saturated heterocycles. The first kappa shape index (κ1) is 13.2. The van der Waals surface area contributed by atoms with E-state index in [4.69, 9.17) is 5.11 Å². The average Bonchev–Trinajstić information content (AvgIpc) is 2.36. The monoisotopic (exact) mass is 237 g/mol. The maximum Gasteiger partial charge on any atom is 0.339 e. The van der Waals surface area contributed by atoms with Gasteiger partial charge in [-0.15, -0.1) is 0 Å². The summed E-state index contributed by atoms with van der Waals surface area (Å²) in [5.41, 5.74) is 0.731. The van der Waals surface area contributed by atoms with Gasteiger partial charge in [0.15, 0.2) is 0 Å². The minimum atomic E-state index is -0.497. The lowest BCUT2D eigenvalue weighted by Crippen LogP contribution is -2.15. The van der Waals surface area contributed by atoms with Gasteiger partial charge in [-0.05, 0) is 18.6 Å². The Morgan fingerprint density at radius 1 is 1.35 bits per heavy atom. The number of hydrogen-bond donors (Lipinski definition) is 2. The number of esters is 1. The molecule has 0 bridgehead atoms. The van der Waals surface area contributed by atoms with Gasteiger partial charge in [0, 0.05) is 13.0 Å². The Balaban J connectivity index is 2.76. The molecule has 0 heterocycles. The minimum absolute atomic E-state index is 0.0356. The molecule has 0 aliphatic rings. The maximum atomic E-state index is 11.5. The van der Waals surface area contributed by atoms with Crippen molar-refractivity contribution in [2.45, 2.75) is 12.8 Å². The van der Waals surface area contributed by atoms with Gasteiger partial charge in [0.25, 0.3) is 0 Å². The van der Waals surface area contributed by atoms with E-state index < -0.39 is 5.97 Å². The molecule has 0 atom stereocenters. The molecule has 0 aliphatic carbocycles. The van der Waals surface area contributed by atoms with E-state index in [0.717, 1.165) is 0 Å². The molecule has 5 nitrogen and oxygen atoms in total. The molecule has 0 saturated carbocycles. The van der Waals surface area contributed by atoms with Gasteiger partial charge in [-0.25, -0.2) is 4.79 Å². The molecule has 1 aromatic rings. The molecule has 5 heteroatoms. The van der Waals surface area contributed by atoms with Crippen LogP contribution in [0.2, 0.25) is 0 Å². The van der Waals surface area contributed by atoms with Gasteiger partial charge in [-0.2, -0.15) is 0 Å². The fraction of sp³-hybridized carbons (Fsp3) is 0.333. The molecule has 0 aliphatic heterocycles. The molecule has 0 aromatic heterocycles. The van der Waals surface area contributed by atoms with Crippen molar-refractivity contribution in [2.24, 2.45) is 0 Å². The highest BCUT2D eigenvalue weighted by atomic mass is 16.5. The number of hydrogen-bond acceptors (Lipinski definition) is 4. The van der Waals surface area contributed by atoms with Gasteiger partial charge in [-0.1, -0.05) is 12.1 Å². The third-order valence-electron chi connectivity index (χ3n) is 2.17. The largest absolute Gasteiger partial charge is 0.465 e. The Labute approximate surface area is 99.4 Å². The van der Waals surface area contributed by atoms with E-state index in [9.17, 15) is 9.59 Å². The Kier molecular flexibility index (Phi) is 5.16. The van der Waals surface area contributed by atoms with Gasteiger partial charge in [0.2, 0.25) is 5.91 Å². The number of para-hydroxylation sites is 1. The molecule has 92 valence electrons. The molecule has 0 fully saturated rings. The number of ether oxygens (including phenoxy) is 1. The number of anilines is 1. The first-order valence-electron chi connectivity index (χ1n) is 5.27. The number of methoxy groups -OCH3 is 1. The highest BCUT2D eigenvalue weighted by Crippen LogP contribution is 2.16. The van der Waals surface area contributed by atoms with E-state index in [1.54, 1.807) is 24.3 Å². The molecule has 1 amide bonds. The topological polar surface area (TPSA) is 75.6 Å². The zero-order valence-corrected chi connectivity index (χ0v) is 9.60. The summed E-state index contributed by atoms with van der Waals surface area (Å²) in [6.45, 7) is -0.0356. The van der Waals surface area contributed by atoms with Crippen molar-refractivity contribution in [3.8, 4) is 0 Å².